The highest BCUT2D eigenvalue weighted by Gasteiger charge is 2.67. The topological polar surface area (TPSA) is 38.7 Å². The van der Waals surface area contributed by atoms with E-state index < -0.39 is 22.2 Å². The minimum absolute atomic E-state index is 0.000884. The van der Waals surface area contributed by atoms with Crippen molar-refractivity contribution in [3.05, 3.63) is 0 Å². The molecule has 6 fully saturated rings. The first-order valence-corrected chi connectivity index (χ1v) is 23.0. The van der Waals surface area contributed by atoms with Gasteiger partial charge in [-0.25, -0.2) is 0 Å². The van der Waals surface area contributed by atoms with Crippen LogP contribution in [0.3, 0.4) is 0 Å². The Morgan fingerprint density at radius 1 is 0.780 bits per heavy atom. The van der Waals surface area contributed by atoms with Crippen LogP contribution in [0.5, 0.6) is 0 Å². The molecule has 5 unspecified atom stereocenters. The molecular formula is C36H66O3Si2. The zero-order chi connectivity index (χ0) is 29.5. The van der Waals surface area contributed by atoms with Crippen LogP contribution < -0.4 is 0 Å². The third-order valence-corrected chi connectivity index (χ3v) is 26.8. The summed E-state index contributed by atoms with van der Waals surface area (Å²) in [5, 5.41) is 12.9. The lowest BCUT2D eigenvalue weighted by Crippen LogP contribution is -2.61. The molecule has 4 saturated carbocycles. The first kappa shape index (κ1) is 31.3. The Kier molecular flexibility index (Phi) is 8.17. The van der Waals surface area contributed by atoms with Crippen molar-refractivity contribution in [1.82, 2.24) is 0 Å². The van der Waals surface area contributed by atoms with E-state index in [1.54, 1.807) is 0 Å². The van der Waals surface area contributed by atoms with Crippen LogP contribution in [-0.2, 0) is 8.85 Å². The first-order chi connectivity index (χ1) is 19.2. The maximum absolute atomic E-state index is 12.7. The highest BCUT2D eigenvalue weighted by Crippen LogP contribution is 2.69. The standard InChI is InChI=1S/C36H66O3Si2/c1-26(2)40(21-9-10-22-40)39-29-15-18-34(7)28(25-29)13-14-30-31(34)16-19-35(8)32(30)17-20-36(35,37)27(3)38-41(33(4,5)6)23-11-12-24-41/h26-32,37H,9-25H2,1-8H3/t27-,28+,29+,30?,31?,32?,34?,35?,36-/m0/s1. The van der Waals surface area contributed by atoms with E-state index in [-0.39, 0.29) is 16.6 Å². The average molecular weight is 603 g/mol. The van der Waals surface area contributed by atoms with Crippen molar-refractivity contribution in [2.24, 2.45) is 34.5 Å². The fraction of sp³-hybridized carbons (Fsp3) is 1.00. The summed E-state index contributed by atoms with van der Waals surface area (Å²) in [6.45, 7) is 19.7. The molecule has 9 atom stereocenters. The van der Waals surface area contributed by atoms with E-state index >= 15 is 0 Å². The van der Waals surface area contributed by atoms with Crippen LogP contribution in [-0.4, -0.2) is 39.6 Å². The molecule has 4 aliphatic carbocycles. The SMILES string of the molecule is CC(C)[Si]1(O[C@@H]2CCC3(C)C4CCC5(C)C(CC[C@]5(O)[C@H](C)O[Si]5(C(C)(C)C)CCCC5)C4CC[C@@H]3C2)CCCC1. The molecule has 2 aliphatic heterocycles. The first-order valence-electron chi connectivity index (χ1n) is 18.3. The lowest BCUT2D eigenvalue weighted by Gasteiger charge is -2.62. The summed E-state index contributed by atoms with van der Waals surface area (Å²) < 4.78 is 14.5. The molecule has 3 nitrogen and oxygen atoms in total. The lowest BCUT2D eigenvalue weighted by molar-refractivity contribution is -0.183. The lowest BCUT2D eigenvalue weighted by atomic mass is 9.44. The number of rotatable bonds is 6. The number of hydrogen-bond acceptors (Lipinski definition) is 3. The van der Waals surface area contributed by atoms with Gasteiger partial charge in [-0.3, -0.25) is 0 Å². The van der Waals surface area contributed by atoms with Gasteiger partial charge >= 0.3 is 0 Å². The van der Waals surface area contributed by atoms with Gasteiger partial charge in [0.25, 0.3) is 0 Å². The van der Waals surface area contributed by atoms with Crippen LogP contribution in [0.25, 0.3) is 0 Å². The van der Waals surface area contributed by atoms with E-state index in [4.69, 9.17) is 8.85 Å². The molecule has 41 heavy (non-hydrogen) atoms. The number of hydrogen-bond donors (Lipinski definition) is 1. The van der Waals surface area contributed by atoms with Gasteiger partial charge in [0, 0.05) is 11.5 Å². The zero-order valence-corrected chi connectivity index (χ0v) is 30.3. The fourth-order valence-electron chi connectivity index (χ4n) is 12.6. The average Bonchev–Trinajstić information content (AvgIpc) is 3.64. The van der Waals surface area contributed by atoms with Crippen molar-refractivity contribution in [2.75, 3.05) is 0 Å². The minimum atomic E-state index is -1.87. The smallest absolute Gasteiger partial charge is 0.198 e. The Morgan fingerprint density at radius 3 is 2.05 bits per heavy atom. The monoisotopic (exact) mass is 602 g/mol. The van der Waals surface area contributed by atoms with Gasteiger partial charge in [-0.1, -0.05) is 74.1 Å². The van der Waals surface area contributed by atoms with E-state index in [1.807, 2.05) is 0 Å². The molecule has 0 spiro atoms. The number of fused-ring (bicyclic) bond motifs is 5. The van der Waals surface area contributed by atoms with Crippen LogP contribution >= 0.6 is 0 Å². The number of aliphatic hydroxyl groups is 1. The zero-order valence-electron chi connectivity index (χ0n) is 28.3. The van der Waals surface area contributed by atoms with E-state index in [1.165, 1.54) is 101 Å². The molecule has 5 heteroatoms. The summed E-state index contributed by atoms with van der Waals surface area (Å²) >= 11 is 0. The minimum Gasteiger partial charge on any atom is -0.414 e. The van der Waals surface area contributed by atoms with Crippen LogP contribution in [0.15, 0.2) is 0 Å². The van der Waals surface area contributed by atoms with E-state index in [2.05, 4.69) is 55.4 Å². The van der Waals surface area contributed by atoms with Crippen LogP contribution in [0.4, 0.5) is 0 Å². The fourth-order valence-corrected chi connectivity index (χ4v) is 21.9. The highest BCUT2D eigenvalue weighted by atomic mass is 28.4. The van der Waals surface area contributed by atoms with Crippen molar-refractivity contribution >= 4 is 16.6 Å². The van der Waals surface area contributed by atoms with Gasteiger partial charge in [0.15, 0.2) is 16.6 Å². The second-order valence-corrected chi connectivity index (χ2v) is 27.5. The molecule has 236 valence electrons. The van der Waals surface area contributed by atoms with Crippen LogP contribution in [0.2, 0.25) is 34.8 Å². The van der Waals surface area contributed by atoms with E-state index in [9.17, 15) is 5.11 Å². The third-order valence-electron chi connectivity index (χ3n) is 15.6. The van der Waals surface area contributed by atoms with Crippen molar-refractivity contribution in [2.45, 2.75) is 191 Å². The van der Waals surface area contributed by atoms with Crippen LogP contribution in [0.1, 0.15) is 139 Å². The van der Waals surface area contributed by atoms with E-state index in [0.29, 0.717) is 17.4 Å². The Morgan fingerprint density at radius 2 is 1.41 bits per heavy atom. The Bertz CT molecular complexity index is 949. The van der Waals surface area contributed by atoms with Crippen molar-refractivity contribution in [1.29, 1.82) is 0 Å². The molecule has 0 aromatic rings. The second-order valence-electron chi connectivity index (χ2n) is 18.2. The maximum atomic E-state index is 12.7. The predicted octanol–water partition coefficient (Wildman–Crippen LogP) is 10.2. The summed E-state index contributed by atoms with van der Waals surface area (Å²) in [6, 6.07) is 5.40. The molecule has 6 rings (SSSR count). The quantitative estimate of drug-likeness (QED) is 0.307. The molecule has 6 aliphatic rings. The Labute approximate surface area is 256 Å². The second kappa shape index (κ2) is 10.7. The molecule has 2 saturated heterocycles. The Hall–Kier alpha value is 0.314. The molecule has 0 bridgehead atoms. The molecule has 1 N–H and O–H groups in total. The van der Waals surface area contributed by atoms with Gasteiger partial charge in [-0.2, -0.15) is 0 Å². The molecular weight excluding hydrogens is 537 g/mol. The van der Waals surface area contributed by atoms with E-state index in [0.717, 1.165) is 29.7 Å². The van der Waals surface area contributed by atoms with Crippen molar-refractivity contribution < 1.29 is 14.0 Å². The molecule has 2 heterocycles. The third kappa shape index (κ3) is 4.78. The normalized spacial score (nSPS) is 46.2. The highest BCUT2D eigenvalue weighted by molar-refractivity contribution is 6.77. The maximum Gasteiger partial charge on any atom is 0.198 e. The Balaban J connectivity index is 1.16. The molecule has 0 amide bonds. The van der Waals surface area contributed by atoms with Gasteiger partial charge in [0.05, 0.1) is 11.7 Å². The molecule has 0 aromatic heterocycles. The predicted molar refractivity (Wildman–Crippen MR) is 176 cm³/mol. The summed E-state index contributed by atoms with van der Waals surface area (Å²) in [6.07, 6.45) is 17.4. The largest absolute Gasteiger partial charge is 0.414 e. The molecule has 0 aromatic carbocycles. The summed E-state index contributed by atoms with van der Waals surface area (Å²) in [5.74, 6) is 3.14. The van der Waals surface area contributed by atoms with Gasteiger partial charge < -0.3 is 14.0 Å². The van der Waals surface area contributed by atoms with Gasteiger partial charge in [0.2, 0.25) is 0 Å². The summed E-state index contributed by atoms with van der Waals surface area (Å²) in [4.78, 5) is 0. The van der Waals surface area contributed by atoms with Gasteiger partial charge in [-0.15, -0.1) is 0 Å². The van der Waals surface area contributed by atoms with Crippen molar-refractivity contribution in [3.8, 4) is 0 Å². The van der Waals surface area contributed by atoms with Crippen molar-refractivity contribution in [3.63, 3.8) is 0 Å². The summed E-state index contributed by atoms with van der Waals surface area (Å²) in [5.41, 5.74) is 0.576. The van der Waals surface area contributed by atoms with Gasteiger partial charge in [-0.05, 0) is 129 Å². The van der Waals surface area contributed by atoms with Crippen LogP contribution in [0, 0.1) is 34.5 Å². The molecule has 0 radical (unpaired) electrons. The van der Waals surface area contributed by atoms with Gasteiger partial charge in [0.1, 0.15) is 0 Å². The summed E-state index contributed by atoms with van der Waals surface area (Å²) in [7, 11) is -3.41.